The van der Waals surface area contributed by atoms with Gasteiger partial charge in [0, 0.05) is 17.8 Å². The molecule has 11 nitrogen and oxygen atoms in total. The minimum absolute atomic E-state index is 0.197. The van der Waals surface area contributed by atoms with Crippen molar-refractivity contribution in [1.29, 1.82) is 0 Å². The summed E-state index contributed by atoms with van der Waals surface area (Å²) in [4.78, 5) is 35.2. The number of fused-ring (bicyclic) bond motifs is 1. The molecule has 37 heavy (non-hydrogen) atoms. The molecule has 3 fully saturated rings. The lowest BCUT2D eigenvalue weighted by Gasteiger charge is -2.29. The average Bonchev–Trinajstić information content (AvgIpc) is 3.83. The molecule has 6 rings (SSSR count). The Bertz CT molecular complexity index is 1430. The summed E-state index contributed by atoms with van der Waals surface area (Å²) in [5, 5.41) is 2.59. The van der Waals surface area contributed by atoms with Crippen molar-refractivity contribution >= 4 is 27.6 Å². The number of pyridine rings is 1. The third kappa shape index (κ3) is 4.73. The summed E-state index contributed by atoms with van der Waals surface area (Å²) in [5.41, 5.74) is 1.02. The molecule has 3 saturated carbocycles. The molecule has 12 heteroatoms. The predicted molar refractivity (Wildman–Crippen MR) is 135 cm³/mol. The molecule has 2 atom stereocenters. The molecule has 0 spiro atoms. The Morgan fingerprint density at radius 3 is 2.59 bits per heavy atom. The van der Waals surface area contributed by atoms with E-state index in [0.29, 0.717) is 67.2 Å². The molecule has 0 aliphatic heterocycles. The van der Waals surface area contributed by atoms with Crippen molar-refractivity contribution in [3.05, 3.63) is 48.8 Å². The maximum absolute atomic E-state index is 13.7. The number of sulfonamides is 1. The number of amides is 1. The highest BCUT2D eigenvalue weighted by atomic mass is 32.2. The lowest BCUT2D eigenvalue weighted by molar-refractivity contribution is -0.122. The van der Waals surface area contributed by atoms with Crippen LogP contribution in [0.3, 0.4) is 0 Å². The Morgan fingerprint density at radius 2 is 1.89 bits per heavy atom. The number of hydrogen-bond donors (Lipinski definition) is 2. The largest absolute Gasteiger partial charge is 0.477 e. The molecular formula is C25H27N7O4S. The Morgan fingerprint density at radius 1 is 1.08 bits per heavy atom. The number of nitrogens with zero attached hydrogens (tertiary/aromatic N) is 5. The first-order valence-electron chi connectivity index (χ1n) is 12.4. The number of anilines is 2. The zero-order valence-corrected chi connectivity index (χ0v) is 21.1. The van der Waals surface area contributed by atoms with Gasteiger partial charge in [-0.05, 0) is 63.0 Å². The highest BCUT2D eigenvalue weighted by molar-refractivity contribution is 7.93. The second-order valence-electron chi connectivity index (χ2n) is 9.94. The van der Waals surface area contributed by atoms with Crippen molar-refractivity contribution in [1.82, 2.24) is 24.9 Å². The smallest absolute Gasteiger partial charge is 0.237 e. The van der Waals surface area contributed by atoms with Crippen molar-refractivity contribution in [3.8, 4) is 17.1 Å². The normalized spacial score (nSPS) is 24.2. The minimum atomic E-state index is -3.47. The van der Waals surface area contributed by atoms with Gasteiger partial charge in [0.05, 0.1) is 41.1 Å². The predicted octanol–water partition coefficient (Wildman–Crippen LogP) is 2.94. The van der Waals surface area contributed by atoms with Crippen LogP contribution in [-0.4, -0.2) is 51.1 Å². The third-order valence-corrected chi connectivity index (χ3v) is 9.14. The van der Waals surface area contributed by atoms with Gasteiger partial charge in [0.25, 0.3) is 0 Å². The molecule has 1 amide bonds. The summed E-state index contributed by atoms with van der Waals surface area (Å²) in [6.45, 7) is 2.37. The first-order valence-corrected chi connectivity index (χ1v) is 14.0. The van der Waals surface area contributed by atoms with Crippen LogP contribution in [-0.2, 0) is 20.2 Å². The number of carbonyl (C=O) groups excluding carboxylic acids is 1. The van der Waals surface area contributed by atoms with Gasteiger partial charge in [-0.25, -0.2) is 28.4 Å². The fourth-order valence-corrected chi connectivity index (χ4v) is 6.47. The number of carbonyl (C=O) groups is 1. The van der Waals surface area contributed by atoms with E-state index in [1.807, 2.05) is 13.0 Å². The van der Waals surface area contributed by atoms with E-state index in [0.717, 1.165) is 12.0 Å². The second-order valence-corrected chi connectivity index (χ2v) is 11.9. The van der Waals surface area contributed by atoms with Gasteiger partial charge in [0.2, 0.25) is 21.8 Å². The maximum atomic E-state index is 13.7. The second kappa shape index (κ2) is 9.02. The monoisotopic (exact) mass is 521 g/mol. The lowest BCUT2D eigenvalue weighted by atomic mass is 9.78. The third-order valence-electron chi connectivity index (χ3n) is 7.30. The first-order chi connectivity index (χ1) is 17.9. The van der Waals surface area contributed by atoms with Gasteiger partial charge < -0.3 is 10.1 Å². The van der Waals surface area contributed by atoms with Crippen LogP contribution in [0.25, 0.3) is 11.3 Å². The summed E-state index contributed by atoms with van der Waals surface area (Å²) in [6, 6.07) is 5.14. The van der Waals surface area contributed by atoms with Gasteiger partial charge in [-0.2, -0.15) is 0 Å². The summed E-state index contributed by atoms with van der Waals surface area (Å²) in [6.07, 6.45) is 9.86. The van der Waals surface area contributed by atoms with Gasteiger partial charge in [0.15, 0.2) is 0 Å². The van der Waals surface area contributed by atoms with Gasteiger partial charge in [-0.1, -0.05) is 0 Å². The molecule has 3 heterocycles. The topological polar surface area (TPSA) is 149 Å². The molecule has 2 unspecified atom stereocenters. The van der Waals surface area contributed by atoms with Crippen molar-refractivity contribution in [2.45, 2.75) is 49.7 Å². The van der Waals surface area contributed by atoms with Crippen molar-refractivity contribution in [3.63, 3.8) is 0 Å². The Hall–Kier alpha value is -3.67. The Kier molecular flexibility index (Phi) is 5.78. The molecule has 192 valence electrons. The van der Waals surface area contributed by atoms with Crippen molar-refractivity contribution in [2.24, 2.45) is 11.8 Å². The molecule has 3 aromatic heterocycles. The fourth-order valence-electron chi connectivity index (χ4n) is 5.14. The molecule has 3 aliphatic carbocycles. The van der Waals surface area contributed by atoms with E-state index in [2.05, 4.69) is 35.0 Å². The summed E-state index contributed by atoms with van der Waals surface area (Å²) in [5.74, 6) is 1.78. The van der Waals surface area contributed by atoms with Gasteiger partial charge in [0.1, 0.15) is 18.0 Å². The summed E-state index contributed by atoms with van der Waals surface area (Å²) in [7, 11) is -3.47. The quantitative estimate of drug-likeness (QED) is 0.433. The molecule has 3 aliphatic rings. The minimum Gasteiger partial charge on any atom is -0.477 e. The highest BCUT2D eigenvalue weighted by Crippen LogP contribution is 2.60. The van der Waals surface area contributed by atoms with E-state index in [-0.39, 0.29) is 17.0 Å². The van der Waals surface area contributed by atoms with E-state index >= 15 is 0 Å². The first kappa shape index (κ1) is 23.7. The fraction of sp³-hybridized carbons (Fsp3) is 0.440. The lowest BCUT2D eigenvalue weighted by Crippen LogP contribution is -2.40. The zero-order chi connectivity index (χ0) is 25.6. The molecule has 0 bridgehead atoms. The van der Waals surface area contributed by atoms with E-state index in [1.165, 1.54) is 6.33 Å². The number of aromatic nitrogens is 5. The SMILES string of the molecule is CCOc1cncc(-c2ccc(NC(=O)C3(c4cc(NS(=O)(=O)C5CC5)ncn4)CC4CC4C3)nc2)n1. The standard InChI is InChI=1S/C25H27N7O4S/c1-2-36-23-13-26-12-19(30-23)15-3-6-21(27-11-15)31-24(33)25(9-16-7-17(16)10-25)20-8-22(29-14-28-20)32-37(34,35)18-4-5-18/h3,6,8,11-14,16-18H,2,4-5,7,9-10H2,1H3,(H,27,31,33)(H,28,29,32). The van der Waals surface area contributed by atoms with E-state index in [9.17, 15) is 13.2 Å². The average molecular weight is 522 g/mol. The van der Waals surface area contributed by atoms with Crippen molar-refractivity contribution in [2.75, 3.05) is 16.6 Å². The Labute approximate surface area is 214 Å². The van der Waals surface area contributed by atoms with Crippen LogP contribution in [0.5, 0.6) is 5.88 Å². The van der Waals surface area contributed by atoms with Crippen LogP contribution in [0.1, 0.15) is 44.7 Å². The zero-order valence-electron chi connectivity index (χ0n) is 20.3. The summed E-state index contributed by atoms with van der Waals surface area (Å²) < 4.78 is 32.8. The summed E-state index contributed by atoms with van der Waals surface area (Å²) >= 11 is 0. The Balaban J connectivity index is 1.22. The number of ether oxygens (including phenoxy) is 1. The van der Waals surface area contributed by atoms with Crippen LogP contribution in [0, 0.1) is 11.8 Å². The molecule has 3 aromatic rings. The van der Waals surface area contributed by atoms with E-state index < -0.39 is 15.4 Å². The number of rotatable bonds is 9. The molecule has 0 saturated heterocycles. The molecule has 0 radical (unpaired) electrons. The number of hydrogen-bond acceptors (Lipinski definition) is 9. The number of nitrogens with one attached hydrogen (secondary N) is 2. The maximum Gasteiger partial charge on any atom is 0.237 e. The van der Waals surface area contributed by atoms with E-state index in [1.54, 1.807) is 30.7 Å². The van der Waals surface area contributed by atoms with E-state index in [4.69, 9.17) is 4.74 Å². The van der Waals surface area contributed by atoms with Gasteiger partial charge >= 0.3 is 0 Å². The van der Waals surface area contributed by atoms with Crippen LogP contribution in [0.15, 0.2) is 43.1 Å². The molecular weight excluding hydrogens is 494 g/mol. The van der Waals surface area contributed by atoms with Crippen LogP contribution >= 0.6 is 0 Å². The van der Waals surface area contributed by atoms with Gasteiger partial charge in [-0.15, -0.1) is 0 Å². The van der Waals surface area contributed by atoms with Crippen molar-refractivity contribution < 1.29 is 17.9 Å². The molecule has 0 aromatic carbocycles. The van der Waals surface area contributed by atoms with Gasteiger partial charge in [-0.3, -0.25) is 14.5 Å². The van der Waals surface area contributed by atoms with Crippen LogP contribution in [0.2, 0.25) is 0 Å². The molecule has 2 N–H and O–H groups in total. The van der Waals surface area contributed by atoms with Crippen LogP contribution < -0.4 is 14.8 Å². The highest BCUT2D eigenvalue weighted by Gasteiger charge is 2.59. The van der Waals surface area contributed by atoms with Crippen LogP contribution in [0.4, 0.5) is 11.6 Å².